The van der Waals surface area contributed by atoms with Crippen LogP contribution in [0.2, 0.25) is 0 Å². The third-order valence-electron chi connectivity index (χ3n) is 4.72. The summed E-state index contributed by atoms with van der Waals surface area (Å²) in [7, 11) is 0. The predicted octanol–water partition coefficient (Wildman–Crippen LogP) is 3.45. The Bertz CT molecular complexity index is 789. The van der Waals surface area contributed by atoms with Crippen molar-refractivity contribution in [3.63, 3.8) is 0 Å². The Morgan fingerprint density at radius 3 is 2.84 bits per heavy atom. The average Bonchev–Trinajstić information content (AvgIpc) is 3.15. The molecular weight excluding hydrogens is 351 g/mol. The van der Waals surface area contributed by atoms with E-state index in [2.05, 4.69) is 11.9 Å². The molecule has 2 N–H and O–H groups in total. The van der Waals surface area contributed by atoms with Gasteiger partial charge in [-0.15, -0.1) is 11.3 Å². The van der Waals surface area contributed by atoms with Crippen molar-refractivity contribution in [1.29, 1.82) is 0 Å². The van der Waals surface area contributed by atoms with Crippen LogP contribution in [-0.4, -0.2) is 35.4 Å². The summed E-state index contributed by atoms with van der Waals surface area (Å²) in [6, 6.07) is 3.56. The fourth-order valence-corrected chi connectivity index (χ4v) is 3.98. The van der Waals surface area contributed by atoms with Gasteiger partial charge in [0.15, 0.2) is 0 Å². The van der Waals surface area contributed by atoms with Crippen molar-refractivity contribution in [1.82, 2.24) is 9.88 Å². The van der Waals surface area contributed by atoms with E-state index in [1.807, 2.05) is 4.90 Å². The number of aromatic nitrogens is 1. The number of rotatable bonds is 4. The molecule has 1 unspecified atom stereocenters. The number of likely N-dealkylation sites (tertiary alicyclic amines) is 1. The number of benzene rings is 1. The van der Waals surface area contributed by atoms with Gasteiger partial charge in [-0.1, -0.05) is 6.92 Å². The standard InChI is InChI=1S/C17H20F3N3OS/c1-16(9-21)6-7-23(10-16)15(24)5-4-14-22-12-8-11(17(18,19)20)2-3-13(12)25-14/h2-3,8H,4-7,9-10,21H2,1H3. The first-order valence-corrected chi connectivity index (χ1v) is 8.96. The number of aryl methyl sites for hydroxylation is 1. The Labute approximate surface area is 147 Å². The molecule has 0 radical (unpaired) electrons. The molecule has 1 aromatic heterocycles. The Balaban J connectivity index is 1.64. The number of amides is 1. The molecule has 1 atom stereocenters. The van der Waals surface area contributed by atoms with E-state index in [0.29, 0.717) is 47.7 Å². The fourth-order valence-electron chi connectivity index (χ4n) is 3.03. The highest BCUT2D eigenvalue weighted by Crippen LogP contribution is 2.33. The SMILES string of the molecule is CC1(CN)CCN(C(=O)CCc2nc3cc(C(F)(F)F)ccc3s2)C1. The molecule has 0 saturated carbocycles. The van der Waals surface area contributed by atoms with Crippen molar-refractivity contribution in [3.05, 3.63) is 28.8 Å². The summed E-state index contributed by atoms with van der Waals surface area (Å²) in [5.41, 5.74) is 5.37. The number of thiazole rings is 1. The number of hydrogen-bond acceptors (Lipinski definition) is 4. The topological polar surface area (TPSA) is 59.2 Å². The van der Waals surface area contributed by atoms with Crippen molar-refractivity contribution in [2.75, 3.05) is 19.6 Å². The number of hydrogen-bond donors (Lipinski definition) is 1. The second-order valence-electron chi connectivity index (χ2n) is 6.87. The zero-order valence-electron chi connectivity index (χ0n) is 13.9. The van der Waals surface area contributed by atoms with E-state index in [0.717, 1.165) is 18.6 Å². The van der Waals surface area contributed by atoms with Gasteiger partial charge in [0.2, 0.25) is 5.91 Å². The van der Waals surface area contributed by atoms with Gasteiger partial charge in [0.1, 0.15) is 0 Å². The third-order valence-corrected chi connectivity index (χ3v) is 5.81. The maximum Gasteiger partial charge on any atom is 0.416 e. The van der Waals surface area contributed by atoms with Crippen LogP contribution in [0.4, 0.5) is 13.2 Å². The van der Waals surface area contributed by atoms with Crippen LogP contribution in [0.5, 0.6) is 0 Å². The summed E-state index contributed by atoms with van der Waals surface area (Å²) in [5, 5.41) is 0.684. The van der Waals surface area contributed by atoms with Gasteiger partial charge in [-0.05, 0) is 36.6 Å². The molecule has 136 valence electrons. The Kier molecular flexibility index (Phi) is 4.76. The Hall–Kier alpha value is -1.67. The van der Waals surface area contributed by atoms with Crippen molar-refractivity contribution in [2.45, 2.75) is 32.4 Å². The molecule has 1 aliphatic heterocycles. The van der Waals surface area contributed by atoms with E-state index in [1.165, 1.54) is 17.4 Å². The van der Waals surface area contributed by atoms with Crippen LogP contribution in [-0.2, 0) is 17.4 Å². The normalized spacial score (nSPS) is 21.2. The quantitative estimate of drug-likeness (QED) is 0.896. The van der Waals surface area contributed by atoms with E-state index >= 15 is 0 Å². The lowest BCUT2D eigenvalue weighted by atomic mass is 9.90. The molecule has 1 aromatic carbocycles. The summed E-state index contributed by atoms with van der Waals surface area (Å²) < 4.78 is 39.0. The lowest BCUT2D eigenvalue weighted by molar-refractivity contribution is -0.137. The summed E-state index contributed by atoms with van der Waals surface area (Å²) in [6.07, 6.45) is -2.72. The molecule has 0 bridgehead atoms. The summed E-state index contributed by atoms with van der Waals surface area (Å²) in [6.45, 7) is 4.00. The van der Waals surface area contributed by atoms with Gasteiger partial charge >= 0.3 is 6.18 Å². The van der Waals surface area contributed by atoms with Gasteiger partial charge < -0.3 is 10.6 Å². The second-order valence-corrected chi connectivity index (χ2v) is 7.98. The zero-order valence-corrected chi connectivity index (χ0v) is 14.7. The lowest BCUT2D eigenvalue weighted by Crippen LogP contribution is -2.34. The fraction of sp³-hybridized carbons (Fsp3) is 0.529. The number of halogens is 3. The van der Waals surface area contributed by atoms with E-state index in [4.69, 9.17) is 5.73 Å². The second kappa shape index (κ2) is 6.57. The maximum absolute atomic E-state index is 12.8. The Morgan fingerprint density at radius 2 is 2.20 bits per heavy atom. The van der Waals surface area contributed by atoms with Gasteiger partial charge in [-0.2, -0.15) is 13.2 Å². The summed E-state index contributed by atoms with van der Waals surface area (Å²) in [4.78, 5) is 18.4. The molecule has 2 heterocycles. The number of fused-ring (bicyclic) bond motifs is 1. The van der Waals surface area contributed by atoms with Crippen molar-refractivity contribution < 1.29 is 18.0 Å². The van der Waals surface area contributed by atoms with Crippen molar-refractivity contribution in [2.24, 2.45) is 11.1 Å². The minimum atomic E-state index is -4.38. The summed E-state index contributed by atoms with van der Waals surface area (Å²) in [5.74, 6) is 0.0485. The largest absolute Gasteiger partial charge is 0.416 e. The molecule has 0 spiro atoms. The van der Waals surface area contributed by atoms with Crippen LogP contribution in [0.1, 0.15) is 30.3 Å². The average molecular weight is 371 g/mol. The van der Waals surface area contributed by atoms with Crippen LogP contribution >= 0.6 is 11.3 Å². The van der Waals surface area contributed by atoms with Crippen LogP contribution < -0.4 is 5.73 Å². The first-order valence-electron chi connectivity index (χ1n) is 8.15. The van der Waals surface area contributed by atoms with Gasteiger partial charge in [0.25, 0.3) is 0 Å². The molecule has 25 heavy (non-hydrogen) atoms. The highest BCUT2D eigenvalue weighted by molar-refractivity contribution is 7.18. The molecule has 2 aromatic rings. The molecule has 1 amide bonds. The first kappa shape index (κ1) is 18.1. The molecule has 4 nitrogen and oxygen atoms in total. The zero-order chi connectivity index (χ0) is 18.2. The molecule has 0 aliphatic carbocycles. The maximum atomic E-state index is 12.8. The molecule has 1 aliphatic rings. The highest BCUT2D eigenvalue weighted by Gasteiger charge is 2.34. The number of nitrogens with two attached hydrogens (primary N) is 1. The minimum absolute atomic E-state index is 0.0144. The third kappa shape index (κ3) is 3.95. The van der Waals surface area contributed by atoms with E-state index in [1.54, 1.807) is 0 Å². The number of nitrogens with zero attached hydrogens (tertiary/aromatic N) is 2. The van der Waals surface area contributed by atoms with Crippen LogP contribution in [0.25, 0.3) is 10.2 Å². The van der Waals surface area contributed by atoms with E-state index < -0.39 is 11.7 Å². The number of carbonyl (C=O) groups is 1. The van der Waals surface area contributed by atoms with Gasteiger partial charge in [-0.25, -0.2) is 4.98 Å². The monoisotopic (exact) mass is 371 g/mol. The van der Waals surface area contributed by atoms with Gasteiger partial charge in [-0.3, -0.25) is 4.79 Å². The van der Waals surface area contributed by atoms with E-state index in [9.17, 15) is 18.0 Å². The minimum Gasteiger partial charge on any atom is -0.342 e. The number of alkyl halides is 3. The van der Waals surface area contributed by atoms with Gasteiger partial charge in [0, 0.05) is 25.9 Å². The number of carbonyl (C=O) groups excluding carboxylic acids is 1. The first-order chi connectivity index (χ1) is 11.7. The predicted molar refractivity (Wildman–Crippen MR) is 91.3 cm³/mol. The lowest BCUT2D eigenvalue weighted by Gasteiger charge is -2.22. The van der Waals surface area contributed by atoms with Gasteiger partial charge in [0.05, 0.1) is 20.8 Å². The molecule has 1 saturated heterocycles. The van der Waals surface area contributed by atoms with Crippen LogP contribution in [0.15, 0.2) is 18.2 Å². The van der Waals surface area contributed by atoms with Crippen molar-refractivity contribution in [3.8, 4) is 0 Å². The summed E-state index contributed by atoms with van der Waals surface area (Å²) >= 11 is 1.34. The highest BCUT2D eigenvalue weighted by atomic mass is 32.1. The smallest absolute Gasteiger partial charge is 0.342 e. The molecule has 8 heteroatoms. The van der Waals surface area contributed by atoms with Crippen LogP contribution in [0, 0.1) is 5.41 Å². The van der Waals surface area contributed by atoms with E-state index in [-0.39, 0.29) is 11.3 Å². The Morgan fingerprint density at radius 1 is 1.44 bits per heavy atom. The molecule has 3 rings (SSSR count). The van der Waals surface area contributed by atoms with Crippen LogP contribution in [0.3, 0.4) is 0 Å². The molecule has 1 fully saturated rings. The molecular formula is C17H20F3N3OS. The van der Waals surface area contributed by atoms with Crippen molar-refractivity contribution >= 4 is 27.5 Å².